The predicted molar refractivity (Wildman–Crippen MR) is 161 cm³/mol. The van der Waals surface area contributed by atoms with Crippen LogP contribution in [0.1, 0.15) is 28.4 Å². The van der Waals surface area contributed by atoms with Gasteiger partial charge in [-0.3, -0.25) is 14.6 Å². The summed E-state index contributed by atoms with van der Waals surface area (Å²) in [6.07, 6.45) is 2.72. The van der Waals surface area contributed by atoms with Crippen molar-refractivity contribution in [2.45, 2.75) is 25.7 Å². The van der Waals surface area contributed by atoms with Gasteiger partial charge >= 0.3 is 0 Å². The van der Waals surface area contributed by atoms with Gasteiger partial charge in [0.25, 0.3) is 0 Å². The second-order valence-corrected chi connectivity index (χ2v) is 11.7. The van der Waals surface area contributed by atoms with Crippen LogP contribution in [-0.2, 0) is 39.2 Å². The van der Waals surface area contributed by atoms with Crippen molar-refractivity contribution < 1.29 is 22.7 Å². The van der Waals surface area contributed by atoms with E-state index in [2.05, 4.69) is 10.3 Å². The zero-order valence-corrected chi connectivity index (χ0v) is 24.4. The minimum absolute atomic E-state index is 0.0175. The lowest BCUT2D eigenvalue weighted by Gasteiger charge is -2.33. The van der Waals surface area contributed by atoms with E-state index in [1.165, 1.54) is 4.90 Å². The van der Waals surface area contributed by atoms with Gasteiger partial charge in [-0.05, 0) is 41.0 Å². The van der Waals surface area contributed by atoms with E-state index in [0.717, 1.165) is 21.7 Å². The molecule has 0 fully saturated rings. The standard InChI is InChI=1S/C32H34N4O5S/c1-41-29-18-16-26(17-19-29)23-36(30(37)24-35(42(2,39)40)22-25-11-5-3-6-12-25)31(27-13-7-4-8-14-27)32(38)34-21-28-15-9-10-20-33-28/h3-20,31H,21-24H2,1-2H3,(H,34,38)/t31-/m0/s1. The number of benzene rings is 3. The van der Waals surface area contributed by atoms with E-state index in [1.54, 1.807) is 74.0 Å². The van der Waals surface area contributed by atoms with E-state index in [-0.39, 0.29) is 19.6 Å². The molecule has 9 nitrogen and oxygen atoms in total. The Hall–Kier alpha value is -4.54. The number of amides is 2. The molecule has 3 aromatic carbocycles. The molecule has 1 N–H and O–H groups in total. The fraction of sp³-hybridized carbons (Fsp3) is 0.219. The van der Waals surface area contributed by atoms with Crippen molar-refractivity contribution in [3.05, 3.63) is 132 Å². The fourth-order valence-corrected chi connectivity index (χ4v) is 5.18. The van der Waals surface area contributed by atoms with Gasteiger partial charge in [0.15, 0.2) is 0 Å². The van der Waals surface area contributed by atoms with Crippen molar-refractivity contribution in [2.75, 3.05) is 19.9 Å². The molecule has 0 spiro atoms. The summed E-state index contributed by atoms with van der Waals surface area (Å²) in [6.45, 7) is -0.205. The first-order chi connectivity index (χ1) is 20.2. The first-order valence-corrected chi connectivity index (χ1v) is 15.2. The van der Waals surface area contributed by atoms with Gasteiger partial charge in [0.05, 0.1) is 32.1 Å². The average molecular weight is 587 g/mol. The molecule has 0 saturated carbocycles. The van der Waals surface area contributed by atoms with Crippen molar-refractivity contribution in [3.8, 4) is 5.75 Å². The number of pyridine rings is 1. The van der Waals surface area contributed by atoms with Gasteiger partial charge in [0.1, 0.15) is 11.8 Å². The van der Waals surface area contributed by atoms with Crippen LogP contribution in [0.5, 0.6) is 5.75 Å². The molecular formula is C32H34N4O5S. The topological polar surface area (TPSA) is 109 Å². The quantitative estimate of drug-likeness (QED) is 0.254. The molecule has 218 valence electrons. The molecule has 10 heteroatoms. The van der Waals surface area contributed by atoms with Crippen LogP contribution >= 0.6 is 0 Å². The Kier molecular flexibility index (Phi) is 10.4. The van der Waals surface area contributed by atoms with Crippen LogP contribution < -0.4 is 10.1 Å². The Morgan fingerprint density at radius 1 is 0.833 bits per heavy atom. The first kappa shape index (κ1) is 30.4. The molecule has 1 heterocycles. The highest BCUT2D eigenvalue weighted by Crippen LogP contribution is 2.26. The van der Waals surface area contributed by atoms with Crippen molar-refractivity contribution in [1.29, 1.82) is 0 Å². The Labute approximate surface area is 246 Å². The maximum Gasteiger partial charge on any atom is 0.247 e. The third kappa shape index (κ3) is 8.48. The van der Waals surface area contributed by atoms with Crippen molar-refractivity contribution in [2.24, 2.45) is 0 Å². The van der Waals surface area contributed by atoms with Crippen LogP contribution in [0.3, 0.4) is 0 Å². The van der Waals surface area contributed by atoms with E-state index in [9.17, 15) is 18.0 Å². The SMILES string of the molecule is COc1ccc(CN(C(=O)CN(Cc2ccccc2)S(C)(=O)=O)[C@H](C(=O)NCc2ccccn2)c2ccccc2)cc1. The van der Waals surface area contributed by atoms with Gasteiger partial charge < -0.3 is 15.0 Å². The molecule has 0 aliphatic heterocycles. The summed E-state index contributed by atoms with van der Waals surface area (Å²) in [4.78, 5) is 33.7. The van der Waals surface area contributed by atoms with Crippen LogP contribution in [0.15, 0.2) is 109 Å². The van der Waals surface area contributed by atoms with Crippen LogP contribution in [0.2, 0.25) is 0 Å². The normalized spacial score (nSPS) is 12.0. The van der Waals surface area contributed by atoms with Crippen molar-refractivity contribution >= 4 is 21.8 Å². The van der Waals surface area contributed by atoms with Crippen LogP contribution in [0.25, 0.3) is 0 Å². The molecular weight excluding hydrogens is 552 g/mol. The molecule has 0 aliphatic carbocycles. The number of methoxy groups -OCH3 is 1. The van der Waals surface area contributed by atoms with Crippen molar-refractivity contribution in [1.82, 2.24) is 19.5 Å². The molecule has 2 amide bonds. The lowest BCUT2D eigenvalue weighted by atomic mass is 10.0. The molecule has 4 rings (SSSR count). The highest BCUT2D eigenvalue weighted by atomic mass is 32.2. The largest absolute Gasteiger partial charge is 0.497 e. The number of aromatic nitrogens is 1. The summed E-state index contributed by atoms with van der Waals surface area (Å²) in [6, 6.07) is 29.6. The smallest absolute Gasteiger partial charge is 0.247 e. The molecule has 42 heavy (non-hydrogen) atoms. The van der Waals surface area contributed by atoms with E-state index in [1.807, 2.05) is 42.5 Å². The Morgan fingerprint density at radius 2 is 1.45 bits per heavy atom. The molecule has 1 atom stereocenters. The summed E-state index contributed by atoms with van der Waals surface area (Å²) in [5.41, 5.74) is 2.74. The number of ether oxygens (including phenoxy) is 1. The minimum Gasteiger partial charge on any atom is -0.497 e. The number of hydrogen-bond acceptors (Lipinski definition) is 6. The Bertz CT molecular complexity index is 1550. The first-order valence-electron chi connectivity index (χ1n) is 13.4. The number of nitrogens with zero attached hydrogens (tertiary/aromatic N) is 3. The molecule has 0 bridgehead atoms. The lowest BCUT2D eigenvalue weighted by molar-refractivity contribution is -0.141. The molecule has 0 unspecified atom stereocenters. The number of sulfonamides is 1. The second kappa shape index (κ2) is 14.4. The Balaban J connectivity index is 1.70. The number of hydrogen-bond donors (Lipinski definition) is 1. The summed E-state index contributed by atoms with van der Waals surface area (Å²) >= 11 is 0. The molecule has 1 aromatic heterocycles. The minimum atomic E-state index is -3.77. The monoisotopic (exact) mass is 586 g/mol. The van der Waals surface area contributed by atoms with E-state index in [0.29, 0.717) is 17.0 Å². The molecule has 0 radical (unpaired) electrons. The van der Waals surface area contributed by atoms with Gasteiger partial charge in [-0.15, -0.1) is 0 Å². The summed E-state index contributed by atoms with van der Waals surface area (Å²) < 4.78 is 32.0. The number of carbonyl (C=O) groups is 2. The van der Waals surface area contributed by atoms with Crippen LogP contribution in [0.4, 0.5) is 0 Å². The van der Waals surface area contributed by atoms with Gasteiger partial charge in [0, 0.05) is 19.3 Å². The average Bonchev–Trinajstić information content (AvgIpc) is 3.01. The van der Waals surface area contributed by atoms with Crippen molar-refractivity contribution in [3.63, 3.8) is 0 Å². The molecule has 0 aliphatic rings. The predicted octanol–water partition coefficient (Wildman–Crippen LogP) is 3.94. The third-order valence-electron chi connectivity index (χ3n) is 6.66. The van der Waals surface area contributed by atoms with Gasteiger partial charge in [-0.1, -0.05) is 78.9 Å². The zero-order valence-electron chi connectivity index (χ0n) is 23.6. The highest BCUT2D eigenvalue weighted by molar-refractivity contribution is 7.88. The summed E-state index contributed by atoms with van der Waals surface area (Å²) in [7, 11) is -2.21. The highest BCUT2D eigenvalue weighted by Gasteiger charge is 2.33. The summed E-state index contributed by atoms with van der Waals surface area (Å²) in [5.74, 6) is -0.285. The van der Waals surface area contributed by atoms with E-state index >= 15 is 0 Å². The number of nitrogens with one attached hydrogen (secondary N) is 1. The fourth-order valence-electron chi connectivity index (χ4n) is 4.46. The lowest BCUT2D eigenvalue weighted by Crippen LogP contribution is -2.47. The zero-order chi connectivity index (χ0) is 30.0. The van der Waals surface area contributed by atoms with Crippen LogP contribution in [-0.4, -0.2) is 54.3 Å². The maximum atomic E-state index is 14.1. The Morgan fingerprint density at radius 3 is 2.05 bits per heavy atom. The van der Waals surface area contributed by atoms with E-state index in [4.69, 9.17) is 4.74 Å². The number of rotatable bonds is 13. The maximum absolute atomic E-state index is 14.1. The van der Waals surface area contributed by atoms with Crippen LogP contribution in [0, 0.1) is 0 Å². The number of carbonyl (C=O) groups excluding carboxylic acids is 2. The third-order valence-corrected chi connectivity index (χ3v) is 7.86. The van der Waals surface area contributed by atoms with Gasteiger partial charge in [0.2, 0.25) is 21.8 Å². The molecule has 4 aromatic rings. The van der Waals surface area contributed by atoms with Gasteiger partial charge in [-0.25, -0.2) is 8.42 Å². The second-order valence-electron chi connectivity index (χ2n) is 9.74. The summed E-state index contributed by atoms with van der Waals surface area (Å²) in [5, 5.41) is 2.91. The van der Waals surface area contributed by atoms with Gasteiger partial charge in [-0.2, -0.15) is 4.31 Å². The molecule has 0 saturated heterocycles. The van der Waals surface area contributed by atoms with E-state index < -0.39 is 34.4 Å².